The van der Waals surface area contributed by atoms with Gasteiger partial charge in [0, 0.05) is 5.56 Å². The van der Waals surface area contributed by atoms with Crippen molar-refractivity contribution in [2.45, 2.75) is 20.0 Å². The van der Waals surface area contributed by atoms with Crippen molar-refractivity contribution in [3.63, 3.8) is 0 Å². The molecule has 0 aliphatic heterocycles. The van der Waals surface area contributed by atoms with Crippen molar-refractivity contribution in [1.29, 1.82) is 0 Å². The third-order valence-electron chi connectivity index (χ3n) is 2.84. The van der Waals surface area contributed by atoms with E-state index in [9.17, 15) is 9.50 Å². The molecule has 2 rings (SSSR count). The zero-order valence-electron chi connectivity index (χ0n) is 10.2. The topological polar surface area (TPSA) is 20.2 Å². The monoisotopic (exact) mass is 308 g/mol. The fourth-order valence-corrected chi connectivity index (χ4v) is 2.56. The first-order chi connectivity index (χ1) is 8.49. The number of aryl methyl sites for hydroxylation is 2. The van der Waals surface area contributed by atoms with E-state index in [2.05, 4.69) is 15.9 Å². The van der Waals surface area contributed by atoms with E-state index >= 15 is 0 Å². The summed E-state index contributed by atoms with van der Waals surface area (Å²) in [6.45, 7) is 3.95. The van der Waals surface area contributed by atoms with Crippen LogP contribution in [0.3, 0.4) is 0 Å². The molecule has 18 heavy (non-hydrogen) atoms. The number of halogens is 2. The van der Waals surface area contributed by atoms with Crippen LogP contribution >= 0.6 is 15.9 Å². The summed E-state index contributed by atoms with van der Waals surface area (Å²) in [5.41, 5.74) is 3.48. The zero-order chi connectivity index (χ0) is 13.3. The van der Waals surface area contributed by atoms with Gasteiger partial charge in [-0.25, -0.2) is 4.39 Å². The summed E-state index contributed by atoms with van der Waals surface area (Å²) >= 11 is 3.18. The molecule has 1 atom stereocenters. The SMILES string of the molecule is Cc1cc(C)cc(C(O)c2cccc(F)c2Br)c1. The van der Waals surface area contributed by atoms with E-state index in [0.29, 0.717) is 10.0 Å². The van der Waals surface area contributed by atoms with Crippen molar-refractivity contribution in [1.82, 2.24) is 0 Å². The van der Waals surface area contributed by atoms with Gasteiger partial charge in [-0.1, -0.05) is 41.5 Å². The molecule has 0 fully saturated rings. The summed E-state index contributed by atoms with van der Waals surface area (Å²) in [6, 6.07) is 10.5. The van der Waals surface area contributed by atoms with Crippen molar-refractivity contribution in [2.75, 3.05) is 0 Å². The molecule has 0 heterocycles. The molecule has 0 aliphatic carbocycles. The van der Waals surface area contributed by atoms with Gasteiger partial charge in [0.25, 0.3) is 0 Å². The molecule has 2 aromatic rings. The lowest BCUT2D eigenvalue weighted by molar-refractivity contribution is 0.218. The van der Waals surface area contributed by atoms with Crippen molar-refractivity contribution in [3.8, 4) is 0 Å². The van der Waals surface area contributed by atoms with Gasteiger partial charge in [0.1, 0.15) is 11.9 Å². The second-order valence-electron chi connectivity index (χ2n) is 4.47. The summed E-state index contributed by atoms with van der Waals surface area (Å²) < 4.78 is 13.8. The molecular formula is C15H14BrFO. The predicted molar refractivity (Wildman–Crippen MR) is 74.1 cm³/mol. The second-order valence-corrected chi connectivity index (χ2v) is 5.26. The van der Waals surface area contributed by atoms with Crippen LogP contribution in [0.25, 0.3) is 0 Å². The van der Waals surface area contributed by atoms with E-state index in [0.717, 1.165) is 16.7 Å². The van der Waals surface area contributed by atoms with Crippen LogP contribution in [0.1, 0.15) is 28.4 Å². The van der Waals surface area contributed by atoms with Gasteiger partial charge >= 0.3 is 0 Å². The Labute approximate surface area is 114 Å². The zero-order valence-corrected chi connectivity index (χ0v) is 11.8. The molecule has 0 saturated carbocycles. The number of aliphatic hydroxyl groups is 1. The van der Waals surface area contributed by atoms with Crippen LogP contribution in [0.15, 0.2) is 40.9 Å². The van der Waals surface area contributed by atoms with Crippen LogP contribution in [0.5, 0.6) is 0 Å². The molecule has 0 amide bonds. The summed E-state index contributed by atoms with van der Waals surface area (Å²) in [7, 11) is 0. The fourth-order valence-electron chi connectivity index (χ4n) is 2.08. The van der Waals surface area contributed by atoms with Gasteiger partial charge in [0.2, 0.25) is 0 Å². The van der Waals surface area contributed by atoms with Crippen LogP contribution in [-0.2, 0) is 0 Å². The summed E-state index contributed by atoms with van der Waals surface area (Å²) in [4.78, 5) is 0. The van der Waals surface area contributed by atoms with Crippen LogP contribution in [-0.4, -0.2) is 5.11 Å². The molecular weight excluding hydrogens is 295 g/mol. The smallest absolute Gasteiger partial charge is 0.137 e. The molecule has 0 aliphatic rings. The molecule has 2 aromatic carbocycles. The first kappa shape index (κ1) is 13.2. The van der Waals surface area contributed by atoms with E-state index < -0.39 is 6.10 Å². The predicted octanol–water partition coefficient (Wildman–Crippen LogP) is 4.29. The quantitative estimate of drug-likeness (QED) is 0.877. The molecule has 1 N–H and O–H groups in total. The minimum Gasteiger partial charge on any atom is -0.384 e. The molecule has 94 valence electrons. The Morgan fingerprint density at radius 3 is 2.33 bits per heavy atom. The van der Waals surface area contributed by atoms with E-state index in [1.165, 1.54) is 6.07 Å². The Morgan fingerprint density at radius 2 is 1.72 bits per heavy atom. The molecule has 3 heteroatoms. The maximum atomic E-state index is 13.5. The van der Waals surface area contributed by atoms with Crippen LogP contribution < -0.4 is 0 Å². The molecule has 0 saturated heterocycles. The van der Waals surface area contributed by atoms with Gasteiger partial charge in [-0.3, -0.25) is 0 Å². The number of aliphatic hydroxyl groups excluding tert-OH is 1. The molecule has 1 unspecified atom stereocenters. The summed E-state index contributed by atoms with van der Waals surface area (Å²) in [6.07, 6.45) is -0.825. The highest BCUT2D eigenvalue weighted by Gasteiger charge is 2.16. The van der Waals surface area contributed by atoms with Crippen LogP contribution in [0, 0.1) is 19.7 Å². The normalized spacial score (nSPS) is 12.5. The Balaban J connectivity index is 2.47. The molecule has 0 aromatic heterocycles. The number of rotatable bonds is 2. The second kappa shape index (κ2) is 5.21. The third-order valence-corrected chi connectivity index (χ3v) is 3.67. The van der Waals surface area contributed by atoms with Crippen molar-refractivity contribution in [3.05, 3.63) is 68.9 Å². The first-order valence-electron chi connectivity index (χ1n) is 5.69. The highest BCUT2D eigenvalue weighted by atomic mass is 79.9. The Kier molecular flexibility index (Phi) is 3.83. The van der Waals surface area contributed by atoms with E-state index in [1.807, 2.05) is 32.0 Å². The summed E-state index contributed by atoms with van der Waals surface area (Å²) in [5, 5.41) is 10.3. The van der Waals surface area contributed by atoms with Crippen molar-refractivity contribution < 1.29 is 9.50 Å². The van der Waals surface area contributed by atoms with E-state index in [1.54, 1.807) is 12.1 Å². The van der Waals surface area contributed by atoms with Gasteiger partial charge in [-0.2, -0.15) is 0 Å². The molecule has 0 bridgehead atoms. The highest BCUT2D eigenvalue weighted by molar-refractivity contribution is 9.10. The van der Waals surface area contributed by atoms with Crippen molar-refractivity contribution in [2.24, 2.45) is 0 Å². The molecule has 0 radical (unpaired) electrons. The first-order valence-corrected chi connectivity index (χ1v) is 6.48. The largest absolute Gasteiger partial charge is 0.384 e. The fraction of sp³-hybridized carbons (Fsp3) is 0.200. The minimum atomic E-state index is -0.825. The van der Waals surface area contributed by atoms with Crippen LogP contribution in [0.2, 0.25) is 0 Å². The molecule has 0 spiro atoms. The summed E-state index contributed by atoms with van der Waals surface area (Å²) in [5.74, 6) is -0.365. The standard InChI is InChI=1S/C15H14BrFO/c1-9-6-10(2)8-11(7-9)15(18)12-4-3-5-13(17)14(12)16/h3-8,15,18H,1-2H3. The minimum absolute atomic E-state index is 0.316. The highest BCUT2D eigenvalue weighted by Crippen LogP contribution is 2.31. The van der Waals surface area contributed by atoms with Gasteiger partial charge in [-0.05, 0) is 41.4 Å². The Hall–Kier alpha value is -1.19. The lowest BCUT2D eigenvalue weighted by Crippen LogP contribution is -2.02. The number of hydrogen-bond donors (Lipinski definition) is 1. The lowest BCUT2D eigenvalue weighted by Gasteiger charge is -2.15. The van der Waals surface area contributed by atoms with E-state index in [4.69, 9.17) is 0 Å². The third kappa shape index (κ3) is 2.62. The maximum Gasteiger partial charge on any atom is 0.137 e. The van der Waals surface area contributed by atoms with Gasteiger partial charge in [0.05, 0.1) is 4.47 Å². The maximum absolute atomic E-state index is 13.5. The van der Waals surface area contributed by atoms with Crippen molar-refractivity contribution >= 4 is 15.9 Å². The van der Waals surface area contributed by atoms with Gasteiger partial charge in [0.15, 0.2) is 0 Å². The Bertz CT molecular complexity index is 560. The number of benzene rings is 2. The average Bonchev–Trinajstić information content (AvgIpc) is 2.30. The average molecular weight is 309 g/mol. The Morgan fingerprint density at radius 1 is 1.11 bits per heavy atom. The van der Waals surface area contributed by atoms with Gasteiger partial charge < -0.3 is 5.11 Å². The van der Waals surface area contributed by atoms with E-state index in [-0.39, 0.29) is 5.82 Å². The number of hydrogen-bond acceptors (Lipinski definition) is 1. The molecule has 1 nitrogen and oxygen atoms in total. The lowest BCUT2D eigenvalue weighted by atomic mass is 9.98. The van der Waals surface area contributed by atoms with Crippen LogP contribution in [0.4, 0.5) is 4.39 Å². The van der Waals surface area contributed by atoms with Gasteiger partial charge in [-0.15, -0.1) is 0 Å².